The van der Waals surface area contributed by atoms with Crippen LogP contribution in [0.1, 0.15) is 16.3 Å². The molecule has 0 aromatic carbocycles. The number of imidazole rings is 1. The van der Waals surface area contributed by atoms with Gasteiger partial charge in [0.25, 0.3) is 5.91 Å². The minimum Gasteiger partial charge on any atom is -0.373 e. The second-order valence-corrected chi connectivity index (χ2v) is 3.90. The van der Waals surface area contributed by atoms with Gasteiger partial charge in [-0.05, 0) is 12.1 Å². The Kier molecular flexibility index (Phi) is 3.78. The molecule has 2 aromatic rings. The van der Waals surface area contributed by atoms with E-state index in [-0.39, 0.29) is 11.6 Å². The summed E-state index contributed by atoms with van der Waals surface area (Å²) in [4.78, 5) is 22.9. The summed E-state index contributed by atoms with van der Waals surface area (Å²) in [6.45, 7) is 0.299. The van der Waals surface area contributed by atoms with Crippen LogP contribution in [0.15, 0.2) is 24.5 Å². The van der Waals surface area contributed by atoms with Crippen molar-refractivity contribution in [2.45, 2.75) is 6.54 Å². The number of amides is 1. The Labute approximate surface area is 109 Å². The molecule has 18 heavy (non-hydrogen) atoms. The summed E-state index contributed by atoms with van der Waals surface area (Å²) in [6, 6.07) is 3.33. The number of nitrogens with one attached hydrogen (secondary N) is 3. The van der Waals surface area contributed by atoms with E-state index in [9.17, 15) is 4.79 Å². The molecule has 0 bridgehead atoms. The molecule has 0 radical (unpaired) electrons. The summed E-state index contributed by atoms with van der Waals surface area (Å²) in [5, 5.41) is 5.85. The molecule has 0 unspecified atom stereocenters. The lowest BCUT2D eigenvalue weighted by Gasteiger charge is -2.06. The molecule has 0 aliphatic rings. The van der Waals surface area contributed by atoms with E-state index in [1.54, 1.807) is 31.6 Å². The fourth-order valence-corrected chi connectivity index (χ4v) is 1.57. The number of anilines is 1. The number of nitrogens with zero attached hydrogens (tertiary/aromatic N) is 2. The molecule has 1 amide bonds. The number of aromatic nitrogens is 3. The van der Waals surface area contributed by atoms with E-state index in [2.05, 4.69) is 25.6 Å². The summed E-state index contributed by atoms with van der Waals surface area (Å²) in [7, 11) is 1.72. The van der Waals surface area contributed by atoms with Crippen LogP contribution >= 0.6 is 11.6 Å². The fraction of sp³-hybridized carbons (Fsp3) is 0.182. The molecule has 6 nitrogen and oxygen atoms in total. The van der Waals surface area contributed by atoms with Crippen LogP contribution in [0.4, 0.5) is 5.82 Å². The van der Waals surface area contributed by atoms with Gasteiger partial charge in [-0.25, -0.2) is 9.97 Å². The number of hydrogen-bond donors (Lipinski definition) is 3. The van der Waals surface area contributed by atoms with Gasteiger partial charge in [0.2, 0.25) is 0 Å². The quantitative estimate of drug-likeness (QED) is 0.781. The minimum atomic E-state index is -0.339. The molecule has 2 aromatic heterocycles. The second kappa shape index (κ2) is 5.50. The predicted octanol–water partition coefficient (Wildman–Crippen LogP) is 1.43. The lowest BCUT2D eigenvalue weighted by molar-refractivity contribution is 0.0945. The Balaban J connectivity index is 2.08. The topological polar surface area (TPSA) is 82.7 Å². The van der Waals surface area contributed by atoms with Crippen LogP contribution in [0.3, 0.4) is 0 Å². The Morgan fingerprint density at radius 1 is 1.50 bits per heavy atom. The molecular weight excluding hydrogens is 254 g/mol. The van der Waals surface area contributed by atoms with Crippen LogP contribution < -0.4 is 10.6 Å². The highest BCUT2D eigenvalue weighted by atomic mass is 35.5. The van der Waals surface area contributed by atoms with E-state index in [4.69, 9.17) is 11.6 Å². The van der Waals surface area contributed by atoms with Gasteiger partial charge in [0.15, 0.2) is 0 Å². The van der Waals surface area contributed by atoms with Crippen molar-refractivity contribution in [1.29, 1.82) is 0 Å². The average Bonchev–Trinajstić information content (AvgIpc) is 2.89. The third kappa shape index (κ3) is 2.78. The number of pyridine rings is 1. The highest BCUT2D eigenvalue weighted by molar-refractivity contribution is 6.33. The SMILES string of the molecule is CNc1ccc(Cl)c(C(=O)NCc2ncc[nH]2)n1. The van der Waals surface area contributed by atoms with E-state index in [1.165, 1.54) is 0 Å². The molecule has 0 saturated heterocycles. The minimum absolute atomic E-state index is 0.190. The number of aromatic amines is 1. The van der Waals surface area contributed by atoms with Crippen LogP contribution in [-0.2, 0) is 6.54 Å². The van der Waals surface area contributed by atoms with Gasteiger partial charge >= 0.3 is 0 Å². The van der Waals surface area contributed by atoms with Crippen molar-refractivity contribution in [2.24, 2.45) is 0 Å². The van der Waals surface area contributed by atoms with E-state index < -0.39 is 0 Å². The maximum Gasteiger partial charge on any atom is 0.271 e. The van der Waals surface area contributed by atoms with Crippen molar-refractivity contribution in [1.82, 2.24) is 20.3 Å². The third-order valence-corrected chi connectivity index (χ3v) is 2.59. The molecule has 0 atom stereocenters. The van der Waals surface area contributed by atoms with Crippen LogP contribution in [0.2, 0.25) is 5.02 Å². The number of carbonyl (C=O) groups is 1. The van der Waals surface area contributed by atoms with Gasteiger partial charge in [-0.3, -0.25) is 4.79 Å². The van der Waals surface area contributed by atoms with Crippen molar-refractivity contribution in [3.63, 3.8) is 0 Å². The van der Waals surface area contributed by atoms with Crippen LogP contribution in [0.5, 0.6) is 0 Å². The maximum absolute atomic E-state index is 11.9. The fourth-order valence-electron chi connectivity index (χ4n) is 1.38. The Morgan fingerprint density at radius 2 is 2.33 bits per heavy atom. The maximum atomic E-state index is 11.9. The Hall–Kier alpha value is -2.08. The van der Waals surface area contributed by atoms with Crippen LogP contribution in [0, 0.1) is 0 Å². The van der Waals surface area contributed by atoms with Crippen molar-refractivity contribution in [3.8, 4) is 0 Å². The Bertz CT molecular complexity index is 540. The molecule has 7 heteroatoms. The second-order valence-electron chi connectivity index (χ2n) is 3.50. The van der Waals surface area contributed by atoms with Crippen molar-refractivity contribution >= 4 is 23.3 Å². The molecule has 2 rings (SSSR count). The summed E-state index contributed by atoms with van der Waals surface area (Å²) in [5.74, 6) is 0.917. The van der Waals surface area contributed by atoms with Gasteiger partial charge in [-0.2, -0.15) is 0 Å². The van der Waals surface area contributed by atoms with Gasteiger partial charge in [-0.1, -0.05) is 11.6 Å². The highest BCUT2D eigenvalue weighted by Gasteiger charge is 2.13. The molecule has 0 aliphatic heterocycles. The first kappa shape index (κ1) is 12.4. The molecule has 0 fully saturated rings. The van der Waals surface area contributed by atoms with E-state index in [0.717, 1.165) is 0 Å². The molecule has 2 heterocycles. The van der Waals surface area contributed by atoms with Crippen LogP contribution in [0.25, 0.3) is 0 Å². The van der Waals surface area contributed by atoms with Gasteiger partial charge in [-0.15, -0.1) is 0 Å². The lowest BCUT2D eigenvalue weighted by Crippen LogP contribution is -2.25. The zero-order valence-corrected chi connectivity index (χ0v) is 10.5. The highest BCUT2D eigenvalue weighted by Crippen LogP contribution is 2.16. The standard InChI is InChI=1S/C11H12ClN5O/c1-13-8-3-2-7(12)10(17-8)11(18)16-6-9-14-4-5-15-9/h2-5H,6H2,1H3,(H,13,17)(H,14,15)(H,16,18). The summed E-state index contributed by atoms with van der Waals surface area (Å²) in [5.41, 5.74) is 0.190. The van der Waals surface area contributed by atoms with Gasteiger partial charge in [0, 0.05) is 19.4 Å². The van der Waals surface area contributed by atoms with E-state index in [1.807, 2.05) is 0 Å². The molecule has 94 valence electrons. The largest absolute Gasteiger partial charge is 0.373 e. The van der Waals surface area contributed by atoms with E-state index >= 15 is 0 Å². The molecule has 3 N–H and O–H groups in total. The number of hydrogen-bond acceptors (Lipinski definition) is 4. The van der Waals surface area contributed by atoms with Gasteiger partial charge in [0.05, 0.1) is 11.6 Å². The zero-order valence-electron chi connectivity index (χ0n) is 9.70. The third-order valence-electron chi connectivity index (χ3n) is 2.29. The molecule has 0 aliphatic carbocycles. The molecular formula is C11H12ClN5O. The average molecular weight is 266 g/mol. The predicted molar refractivity (Wildman–Crippen MR) is 68.6 cm³/mol. The number of H-pyrrole nitrogens is 1. The first-order valence-corrected chi connectivity index (χ1v) is 5.69. The van der Waals surface area contributed by atoms with Crippen LogP contribution in [-0.4, -0.2) is 27.9 Å². The van der Waals surface area contributed by atoms with Crippen molar-refractivity contribution in [3.05, 3.63) is 41.1 Å². The van der Waals surface area contributed by atoms with E-state index in [0.29, 0.717) is 23.2 Å². The summed E-state index contributed by atoms with van der Waals surface area (Å²) in [6.07, 6.45) is 3.31. The Morgan fingerprint density at radius 3 is 3.00 bits per heavy atom. The molecule has 0 saturated carbocycles. The monoisotopic (exact) mass is 265 g/mol. The van der Waals surface area contributed by atoms with Gasteiger partial charge in [0.1, 0.15) is 17.3 Å². The summed E-state index contributed by atoms with van der Waals surface area (Å²) < 4.78 is 0. The summed E-state index contributed by atoms with van der Waals surface area (Å²) >= 11 is 5.93. The number of carbonyl (C=O) groups excluding carboxylic acids is 1. The smallest absolute Gasteiger partial charge is 0.271 e. The van der Waals surface area contributed by atoms with Crippen molar-refractivity contribution in [2.75, 3.05) is 12.4 Å². The number of rotatable bonds is 4. The first-order chi connectivity index (χ1) is 8.70. The molecule has 0 spiro atoms. The normalized spacial score (nSPS) is 10.1. The number of halogens is 1. The lowest BCUT2D eigenvalue weighted by atomic mass is 10.3. The first-order valence-electron chi connectivity index (χ1n) is 5.31. The van der Waals surface area contributed by atoms with Gasteiger partial charge < -0.3 is 15.6 Å². The van der Waals surface area contributed by atoms with Crippen molar-refractivity contribution < 1.29 is 4.79 Å². The zero-order chi connectivity index (χ0) is 13.0.